The highest BCUT2D eigenvalue weighted by Gasteiger charge is 2.29. The molecule has 146 valence electrons. The van der Waals surface area contributed by atoms with Gasteiger partial charge in [-0.25, -0.2) is 4.98 Å². The average Bonchev–Trinajstić information content (AvgIpc) is 2.65. The van der Waals surface area contributed by atoms with E-state index in [0.29, 0.717) is 34.4 Å². The molecule has 0 saturated heterocycles. The van der Waals surface area contributed by atoms with Crippen molar-refractivity contribution in [2.24, 2.45) is 11.8 Å². The second kappa shape index (κ2) is 8.46. The van der Waals surface area contributed by atoms with Gasteiger partial charge in [-0.15, -0.1) is 0 Å². The topological polar surface area (TPSA) is 64.0 Å². The number of amides is 1. The van der Waals surface area contributed by atoms with Crippen LogP contribution in [0, 0.1) is 11.8 Å². The standard InChI is InChI=1S/C21H29N3O2S/c1-5-24-20(26)16-10-6-7-11-18(16)23-21(24)27-15(4)19(25)22-17-12-8-9-13(2)14(17)3/h6-7,10-11,13-15,17H,5,8-9,12H2,1-4H3,(H,22,25)/t13-,14+,15+,17+/m0/s1. The van der Waals surface area contributed by atoms with Crippen LogP contribution in [0.3, 0.4) is 0 Å². The number of thioether (sulfide) groups is 1. The van der Waals surface area contributed by atoms with Crippen LogP contribution in [0.5, 0.6) is 0 Å². The van der Waals surface area contributed by atoms with Gasteiger partial charge in [-0.2, -0.15) is 0 Å². The van der Waals surface area contributed by atoms with Gasteiger partial charge in [0.05, 0.1) is 16.2 Å². The quantitative estimate of drug-likeness (QED) is 0.625. The number of para-hydroxylation sites is 1. The molecule has 1 aliphatic carbocycles. The molecule has 1 aromatic carbocycles. The molecular weight excluding hydrogens is 358 g/mol. The Balaban J connectivity index is 1.78. The van der Waals surface area contributed by atoms with Gasteiger partial charge in [-0.05, 0) is 44.2 Å². The van der Waals surface area contributed by atoms with Gasteiger partial charge >= 0.3 is 0 Å². The van der Waals surface area contributed by atoms with Crippen molar-refractivity contribution in [1.82, 2.24) is 14.9 Å². The van der Waals surface area contributed by atoms with Crippen molar-refractivity contribution in [3.05, 3.63) is 34.6 Å². The zero-order valence-electron chi connectivity index (χ0n) is 16.6. The van der Waals surface area contributed by atoms with Crippen molar-refractivity contribution in [1.29, 1.82) is 0 Å². The van der Waals surface area contributed by atoms with Crippen LogP contribution >= 0.6 is 11.8 Å². The van der Waals surface area contributed by atoms with Crippen molar-refractivity contribution in [3.63, 3.8) is 0 Å². The Morgan fingerprint density at radius 1 is 1.33 bits per heavy atom. The number of carbonyl (C=O) groups is 1. The summed E-state index contributed by atoms with van der Waals surface area (Å²) in [5, 5.41) is 4.15. The molecule has 1 fully saturated rings. The monoisotopic (exact) mass is 387 g/mol. The highest BCUT2D eigenvalue weighted by molar-refractivity contribution is 8.00. The normalized spacial score (nSPS) is 23.9. The summed E-state index contributed by atoms with van der Waals surface area (Å²) in [6.07, 6.45) is 3.45. The largest absolute Gasteiger partial charge is 0.352 e. The summed E-state index contributed by atoms with van der Waals surface area (Å²) in [6.45, 7) is 8.84. The lowest BCUT2D eigenvalue weighted by atomic mass is 9.78. The fourth-order valence-electron chi connectivity index (χ4n) is 3.81. The van der Waals surface area contributed by atoms with Gasteiger partial charge in [0.2, 0.25) is 5.91 Å². The number of hydrogen-bond donors (Lipinski definition) is 1. The minimum Gasteiger partial charge on any atom is -0.352 e. The minimum absolute atomic E-state index is 0.0241. The molecule has 0 spiro atoms. The molecule has 0 radical (unpaired) electrons. The maximum absolute atomic E-state index is 12.8. The summed E-state index contributed by atoms with van der Waals surface area (Å²) in [5.41, 5.74) is 0.630. The molecule has 4 atom stereocenters. The van der Waals surface area contributed by atoms with Crippen molar-refractivity contribution in [3.8, 4) is 0 Å². The van der Waals surface area contributed by atoms with Gasteiger partial charge < -0.3 is 5.32 Å². The number of rotatable bonds is 5. The Morgan fingerprint density at radius 3 is 2.81 bits per heavy atom. The molecule has 3 rings (SSSR count). The molecule has 27 heavy (non-hydrogen) atoms. The Hall–Kier alpha value is -1.82. The lowest BCUT2D eigenvalue weighted by Crippen LogP contribution is -2.46. The van der Waals surface area contributed by atoms with E-state index in [4.69, 9.17) is 0 Å². The SMILES string of the molecule is CCn1c(S[C@H](C)C(=O)N[C@@H]2CCC[C@H](C)[C@H]2C)nc2ccccc2c1=O. The summed E-state index contributed by atoms with van der Waals surface area (Å²) in [4.78, 5) is 30.2. The van der Waals surface area contributed by atoms with E-state index < -0.39 is 0 Å². The van der Waals surface area contributed by atoms with Crippen LogP contribution < -0.4 is 10.9 Å². The highest BCUT2D eigenvalue weighted by Crippen LogP contribution is 2.30. The number of carbonyl (C=O) groups excluding carboxylic acids is 1. The molecule has 1 amide bonds. The van der Waals surface area contributed by atoms with E-state index in [2.05, 4.69) is 24.1 Å². The first kappa shape index (κ1) is 19.9. The molecule has 1 aromatic heterocycles. The number of nitrogens with zero attached hydrogens (tertiary/aromatic N) is 2. The number of benzene rings is 1. The Kier molecular flexibility index (Phi) is 6.25. The lowest BCUT2D eigenvalue weighted by molar-refractivity contribution is -0.121. The Labute approximate surface area is 164 Å². The molecule has 2 aromatic rings. The molecule has 1 saturated carbocycles. The van der Waals surface area contributed by atoms with Crippen LogP contribution in [-0.4, -0.2) is 26.8 Å². The fraction of sp³-hybridized carbons (Fsp3) is 0.571. The fourth-order valence-corrected chi connectivity index (χ4v) is 4.80. The van der Waals surface area contributed by atoms with Gasteiger partial charge in [-0.3, -0.25) is 14.2 Å². The number of fused-ring (bicyclic) bond motifs is 1. The molecule has 0 aliphatic heterocycles. The molecule has 1 N–H and O–H groups in total. The Bertz CT molecular complexity index is 879. The zero-order valence-corrected chi connectivity index (χ0v) is 17.4. The van der Waals surface area contributed by atoms with E-state index in [0.717, 1.165) is 6.42 Å². The Morgan fingerprint density at radius 2 is 2.07 bits per heavy atom. The van der Waals surface area contributed by atoms with Gasteiger partial charge in [-0.1, -0.05) is 50.6 Å². The van der Waals surface area contributed by atoms with Crippen LogP contribution in [0.25, 0.3) is 10.9 Å². The number of hydrogen-bond acceptors (Lipinski definition) is 4. The number of aromatic nitrogens is 2. The molecule has 0 unspecified atom stereocenters. The lowest BCUT2D eigenvalue weighted by Gasteiger charge is -2.35. The van der Waals surface area contributed by atoms with Crippen molar-refractivity contribution < 1.29 is 4.79 Å². The highest BCUT2D eigenvalue weighted by atomic mass is 32.2. The first-order valence-corrected chi connectivity index (χ1v) is 10.8. The van der Waals surface area contributed by atoms with Crippen LogP contribution in [0.2, 0.25) is 0 Å². The second-order valence-corrected chi connectivity index (χ2v) is 8.91. The van der Waals surface area contributed by atoms with Gasteiger partial charge in [0.25, 0.3) is 5.56 Å². The summed E-state index contributed by atoms with van der Waals surface area (Å²) in [6, 6.07) is 7.60. The third-order valence-corrected chi connectivity index (χ3v) is 6.92. The van der Waals surface area contributed by atoms with E-state index >= 15 is 0 Å². The first-order valence-electron chi connectivity index (χ1n) is 9.89. The van der Waals surface area contributed by atoms with Crippen LogP contribution in [0.15, 0.2) is 34.2 Å². The maximum atomic E-state index is 12.8. The first-order chi connectivity index (χ1) is 12.9. The summed E-state index contributed by atoms with van der Waals surface area (Å²) in [5.74, 6) is 1.16. The zero-order chi connectivity index (χ0) is 19.6. The summed E-state index contributed by atoms with van der Waals surface area (Å²) < 4.78 is 1.65. The minimum atomic E-state index is -0.305. The van der Waals surface area contributed by atoms with Crippen LogP contribution in [0.4, 0.5) is 0 Å². The van der Waals surface area contributed by atoms with Crippen molar-refractivity contribution >= 4 is 28.6 Å². The third kappa shape index (κ3) is 4.21. The van der Waals surface area contributed by atoms with Crippen LogP contribution in [0.1, 0.15) is 47.0 Å². The second-order valence-electron chi connectivity index (χ2n) is 7.60. The van der Waals surface area contributed by atoms with Gasteiger partial charge in [0.15, 0.2) is 5.16 Å². The van der Waals surface area contributed by atoms with E-state index in [1.807, 2.05) is 32.0 Å². The van der Waals surface area contributed by atoms with E-state index in [9.17, 15) is 9.59 Å². The van der Waals surface area contributed by atoms with Crippen LogP contribution in [-0.2, 0) is 11.3 Å². The van der Waals surface area contributed by atoms with E-state index in [1.165, 1.54) is 24.6 Å². The van der Waals surface area contributed by atoms with Gasteiger partial charge in [0, 0.05) is 12.6 Å². The molecule has 1 heterocycles. The van der Waals surface area contributed by atoms with Gasteiger partial charge in [0.1, 0.15) is 0 Å². The molecule has 0 bridgehead atoms. The molecule has 6 heteroatoms. The van der Waals surface area contributed by atoms with E-state index in [1.54, 1.807) is 10.6 Å². The smallest absolute Gasteiger partial charge is 0.262 e. The number of nitrogens with one attached hydrogen (secondary N) is 1. The average molecular weight is 388 g/mol. The summed E-state index contributed by atoms with van der Waals surface area (Å²) in [7, 11) is 0. The van der Waals surface area contributed by atoms with Crippen molar-refractivity contribution in [2.75, 3.05) is 0 Å². The molecular formula is C21H29N3O2S. The third-order valence-electron chi connectivity index (χ3n) is 5.83. The molecule has 5 nitrogen and oxygen atoms in total. The van der Waals surface area contributed by atoms with Crippen molar-refractivity contribution in [2.45, 2.75) is 70.0 Å². The summed E-state index contributed by atoms with van der Waals surface area (Å²) >= 11 is 1.36. The predicted molar refractivity (Wildman–Crippen MR) is 111 cm³/mol. The predicted octanol–water partition coefficient (Wildman–Crippen LogP) is 3.84. The van der Waals surface area contributed by atoms with E-state index in [-0.39, 0.29) is 22.8 Å². The maximum Gasteiger partial charge on any atom is 0.262 e. The molecule has 1 aliphatic rings.